The van der Waals surface area contributed by atoms with Crippen LogP contribution in [0.1, 0.15) is 18.4 Å². The first-order chi connectivity index (χ1) is 11.9. The van der Waals surface area contributed by atoms with E-state index in [4.69, 9.17) is 4.74 Å². The third-order valence-corrected chi connectivity index (χ3v) is 6.92. The van der Waals surface area contributed by atoms with E-state index in [1.165, 1.54) is 5.56 Å². The second-order valence-corrected chi connectivity index (χ2v) is 9.21. The maximum atomic E-state index is 12.4. The summed E-state index contributed by atoms with van der Waals surface area (Å²) in [7, 11) is -1.25. The molecule has 1 atom stereocenters. The van der Waals surface area contributed by atoms with Crippen LogP contribution in [-0.2, 0) is 21.2 Å². The van der Waals surface area contributed by atoms with Gasteiger partial charge in [0.05, 0.1) is 18.6 Å². The largest absolute Gasteiger partial charge is 0.497 e. The second-order valence-electron chi connectivity index (χ2n) is 6.98. The normalized spacial score (nSPS) is 23.6. The van der Waals surface area contributed by atoms with Crippen LogP contribution < -0.4 is 4.74 Å². The second kappa shape index (κ2) is 7.74. The molecule has 2 heterocycles. The molecule has 6 nitrogen and oxygen atoms in total. The van der Waals surface area contributed by atoms with Crippen molar-refractivity contribution in [3.63, 3.8) is 0 Å². The lowest BCUT2D eigenvalue weighted by atomic mass is 10.0. The van der Waals surface area contributed by atoms with Crippen LogP contribution in [0.2, 0.25) is 0 Å². The van der Waals surface area contributed by atoms with Gasteiger partial charge in [-0.1, -0.05) is 12.1 Å². The van der Waals surface area contributed by atoms with Gasteiger partial charge < -0.3 is 9.64 Å². The molecule has 0 bridgehead atoms. The monoisotopic (exact) mass is 366 g/mol. The van der Waals surface area contributed by atoms with Gasteiger partial charge in [-0.25, -0.2) is 8.42 Å². The fourth-order valence-electron chi connectivity index (χ4n) is 3.55. The molecule has 0 aromatic heterocycles. The maximum absolute atomic E-state index is 12.4. The standard InChI is InChI=1S/C18H26N2O4S/c1-24-17-4-2-15(3-5-17)13-19-7-9-20(10-8-19)18(21)12-16-6-11-25(22,23)14-16/h2-5,16H,6-14H2,1H3/t16-/m1/s1. The highest BCUT2D eigenvalue weighted by molar-refractivity contribution is 7.91. The van der Waals surface area contributed by atoms with Crippen LogP contribution >= 0.6 is 0 Å². The molecule has 0 spiro atoms. The van der Waals surface area contributed by atoms with Crippen molar-refractivity contribution in [3.8, 4) is 5.75 Å². The van der Waals surface area contributed by atoms with Crippen LogP contribution in [0.4, 0.5) is 0 Å². The predicted molar refractivity (Wildman–Crippen MR) is 96.2 cm³/mol. The number of piperazine rings is 1. The molecule has 138 valence electrons. The van der Waals surface area contributed by atoms with Crippen LogP contribution in [0.3, 0.4) is 0 Å². The molecular formula is C18H26N2O4S. The lowest BCUT2D eigenvalue weighted by Gasteiger charge is -2.35. The molecule has 0 radical (unpaired) electrons. The summed E-state index contributed by atoms with van der Waals surface area (Å²) >= 11 is 0. The summed E-state index contributed by atoms with van der Waals surface area (Å²) in [4.78, 5) is 16.6. The van der Waals surface area contributed by atoms with Crippen molar-refractivity contribution in [1.29, 1.82) is 0 Å². The van der Waals surface area contributed by atoms with Crippen LogP contribution in [0.5, 0.6) is 5.75 Å². The Bertz CT molecular complexity index is 694. The topological polar surface area (TPSA) is 66.9 Å². The summed E-state index contributed by atoms with van der Waals surface area (Å²) in [5, 5.41) is 0. The van der Waals surface area contributed by atoms with Crippen molar-refractivity contribution >= 4 is 15.7 Å². The van der Waals surface area contributed by atoms with Crippen molar-refractivity contribution < 1.29 is 17.9 Å². The molecule has 2 aliphatic heterocycles. The van der Waals surface area contributed by atoms with Gasteiger partial charge in [-0.3, -0.25) is 9.69 Å². The molecular weight excluding hydrogens is 340 g/mol. The average Bonchev–Trinajstić information content (AvgIpc) is 2.94. The van der Waals surface area contributed by atoms with Gasteiger partial charge in [-0.05, 0) is 30.0 Å². The Kier molecular flexibility index (Phi) is 5.64. The van der Waals surface area contributed by atoms with Gasteiger partial charge in [-0.2, -0.15) is 0 Å². The molecule has 1 aromatic rings. The number of ether oxygens (including phenoxy) is 1. The molecule has 3 rings (SSSR count). The smallest absolute Gasteiger partial charge is 0.222 e. The van der Waals surface area contributed by atoms with Gasteiger partial charge in [0.15, 0.2) is 9.84 Å². The van der Waals surface area contributed by atoms with Crippen LogP contribution in [0.25, 0.3) is 0 Å². The molecule has 0 aliphatic carbocycles. The van der Waals surface area contributed by atoms with E-state index in [-0.39, 0.29) is 23.3 Å². The molecule has 7 heteroatoms. The van der Waals surface area contributed by atoms with E-state index < -0.39 is 9.84 Å². The summed E-state index contributed by atoms with van der Waals surface area (Å²) in [6, 6.07) is 8.06. The number of methoxy groups -OCH3 is 1. The fourth-order valence-corrected chi connectivity index (χ4v) is 5.42. The zero-order valence-corrected chi connectivity index (χ0v) is 15.5. The van der Waals surface area contributed by atoms with Gasteiger partial charge in [-0.15, -0.1) is 0 Å². The summed E-state index contributed by atoms with van der Waals surface area (Å²) in [6.45, 7) is 4.00. The third-order valence-electron chi connectivity index (χ3n) is 5.08. The van der Waals surface area contributed by atoms with E-state index >= 15 is 0 Å². The lowest BCUT2D eigenvalue weighted by molar-refractivity contribution is -0.133. The van der Waals surface area contributed by atoms with E-state index in [1.54, 1.807) is 7.11 Å². The number of sulfone groups is 1. The Balaban J connectivity index is 1.44. The van der Waals surface area contributed by atoms with Crippen molar-refractivity contribution in [1.82, 2.24) is 9.80 Å². The number of carbonyl (C=O) groups is 1. The molecule has 1 aromatic carbocycles. The van der Waals surface area contributed by atoms with E-state index in [9.17, 15) is 13.2 Å². The third kappa shape index (κ3) is 4.95. The van der Waals surface area contributed by atoms with Crippen molar-refractivity contribution in [2.24, 2.45) is 5.92 Å². The first-order valence-electron chi connectivity index (χ1n) is 8.79. The number of hydrogen-bond acceptors (Lipinski definition) is 5. The van der Waals surface area contributed by atoms with Gasteiger partial charge in [0, 0.05) is 39.1 Å². The molecule has 2 fully saturated rings. The van der Waals surface area contributed by atoms with Crippen LogP contribution in [0.15, 0.2) is 24.3 Å². The highest BCUT2D eigenvalue weighted by Crippen LogP contribution is 2.23. The van der Waals surface area contributed by atoms with Crippen LogP contribution in [0, 0.1) is 5.92 Å². The number of carbonyl (C=O) groups excluding carboxylic acids is 1. The Morgan fingerprint density at radius 3 is 2.40 bits per heavy atom. The maximum Gasteiger partial charge on any atom is 0.222 e. The highest BCUT2D eigenvalue weighted by Gasteiger charge is 2.31. The molecule has 2 saturated heterocycles. The Morgan fingerprint density at radius 2 is 1.84 bits per heavy atom. The Morgan fingerprint density at radius 1 is 1.16 bits per heavy atom. The van der Waals surface area contributed by atoms with E-state index in [2.05, 4.69) is 17.0 Å². The van der Waals surface area contributed by atoms with E-state index in [0.717, 1.165) is 25.4 Å². The summed E-state index contributed by atoms with van der Waals surface area (Å²) in [5.41, 5.74) is 1.23. The molecule has 0 N–H and O–H groups in total. The first kappa shape index (κ1) is 18.2. The zero-order chi connectivity index (χ0) is 17.9. The molecule has 25 heavy (non-hydrogen) atoms. The molecule has 0 unspecified atom stereocenters. The number of hydrogen-bond donors (Lipinski definition) is 0. The highest BCUT2D eigenvalue weighted by atomic mass is 32.2. The van der Waals surface area contributed by atoms with Crippen molar-refractivity contribution in [2.45, 2.75) is 19.4 Å². The minimum Gasteiger partial charge on any atom is -0.497 e. The number of amides is 1. The van der Waals surface area contributed by atoms with Gasteiger partial charge in [0.2, 0.25) is 5.91 Å². The average molecular weight is 366 g/mol. The summed E-state index contributed by atoms with van der Waals surface area (Å²) in [5.74, 6) is 1.38. The fraction of sp³-hybridized carbons (Fsp3) is 0.611. The number of nitrogens with zero attached hydrogens (tertiary/aromatic N) is 2. The minimum absolute atomic E-state index is 0.00910. The number of benzene rings is 1. The SMILES string of the molecule is COc1ccc(CN2CCN(C(=O)C[C@H]3CCS(=O)(=O)C3)CC2)cc1. The van der Waals surface area contributed by atoms with Crippen molar-refractivity contribution in [3.05, 3.63) is 29.8 Å². The first-order valence-corrected chi connectivity index (χ1v) is 10.6. The summed E-state index contributed by atoms with van der Waals surface area (Å²) in [6.07, 6.45) is 1.00. The van der Waals surface area contributed by atoms with Gasteiger partial charge in [0.25, 0.3) is 0 Å². The molecule has 0 saturated carbocycles. The quantitative estimate of drug-likeness (QED) is 0.782. The van der Waals surface area contributed by atoms with Gasteiger partial charge in [0.1, 0.15) is 5.75 Å². The Labute approximate surface area is 149 Å². The number of rotatable bonds is 5. The van der Waals surface area contributed by atoms with Gasteiger partial charge >= 0.3 is 0 Å². The Hall–Kier alpha value is -1.60. The van der Waals surface area contributed by atoms with E-state index in [0.29, 0.717) is 25.9 Å². The predicted octanol–water partition coefficient (Wildman–Crippen LogP) is 1.16. The zero-order valence-electron chi connectivity index (χ0n) is 14.7. The van der Waals surface area contributed by atoms with Crippen molar-refractivity contribution in [2.75, 3.05) is 44.8 Å². The minimum atomic E-state index is -2.91. The van der Waals surface area contributed by atoms with E-state index in [1.807, 2.05) is 17.0 Å². The summed E-state index contributed by atoms with van der Waals surface area (Å²) < 4.78 is 28.2. The molecule has 1 amide bonds. The van der Waals surface area contributed by atoms with Crippen LogP contribution in [-0.4, -0.2) is 68.9 Å². The lowest BCUT2D eigenvalue weighted by Crippen LogP contribution is -2.48. The molecule has 2 aliphatic rings.